The Labute approximate surface area is 270 Å². The number of nitrogens with zero attached hydrogens (tertiary/aromatic N) is 1. The van der Waals surface area contributed by atoms with Crippen LogP contribution in [0.2, 0.25) is 0 Å². The molecule has 2 saturated carbocycles. The number of ether oxygens (including phenoxy) is 3. The zero-order valence-corrected chi connectivity index (χ0v) is 27.1. The van der Waals surface area contributed by atoms with E-state index in [1.54, 1.807) is 31.4 Å². The zero-order chi connectivity index (χ0) is 32.5. The molecular formula is C35H50FN3O7. The number of halogens is 1. The number of amides is 2. The minimum Gasteiger partial charge on any atom is -0.460 e. The van der Waals surface area contributed by atoms with Gasteiger partial charge in [0.15, 0.2) is 0 Å². The van der Waals surface area contributed by atoms with Gasteiger partial charge in [0, 0.05) is 49.7 Å². The Morgan fingerprint density at radius 1 is 1.00 bits per heavy atom. The van der Waals surface area contributed by atoms with Crippen molar-refractivity contribution in [2.75, 3.05) is 52.1 Å². The van der Waals surface area contributed by atoms with Crippen LogP contribution in [0.4, 0.5) is 10.1 Å². The molecule has 1 aromatic carbocycles. The Hall–Kier alpha value is -3.02. The molecule has 0 radical (unpaired) electrons. The molecule has 254 valence electrons. The number of anilines is 1. The third-order valence-corrected chi connectivity index (χ3v) is 10.2. The molecule has 1 aromatic heterocycles. The van der Waals surface area contributed by atoms with Crippen molar-refractivity contribution in [1.82, 2.24) is 4.90 Å². The van der Waals surface area contributed by atoms with Gasteiger partial charge in [0.1, 0.15) is 18.3 Å². The second kappa shape index (κ2) is 16.7. The highest BCUT2D eigenvalue weighted by atomic mass is 19.1. The lowest BCUT2D eigenvalue weighted by atomic mass is 9.76. The molecule has 0 spiro atoms. The first kappa shape index (κ1) is 34.3. The predicted octanol–water partition coefficient (Wildman–Crippen LogP) is 5.48. The van der Waals surface area contributed by atoms with E-state index in [9.17, 15) is 18.8 Å². The van der Waals surface area contributed by atoms with E-state index >= 15 is 0 Å². The molecule has 0 bridgehead atoms. The summed E-state index contributed by atoms with van der Waals surface area (Å²) in [7, 11) is 1.61. The summed E-state index contributed by atoms with van der Waals surface area (Å²) >= 11 is 0. The molecule has 2 aromatic rings. The monoisotopic (exact) mass is 643 g/mol. The summed E-state index contributed by atoms with van der Waals surface area (Å²) in [6, 6.07) is 5.87. The molecule has 1 saturated heterocycles. The van der Waals surface area contributed by atoms with Crippen molar-refractivity contribution in [3.63, 3.8) is 0 Å². The highest BCUT2D eigenvalue weighted by molar-refractivity contribution is 6.00. The number of furan rings is 1. The van der Waals surface area contributed by atoms with Gasteiger partial charge in [-0.25, -0.2) is 9.18 Å². The van der Waals surface area contributed by atoms with Gasteiger partial charge in [0.05, 0.1) is 19.8 Å². The van der Waals surface area contributed by atoms with Gasteiger partial charge in [-0.05, 0) is 74.1 Å². The maximum absolute atomic E-state index is 14.0. The van der Waals surface area contributed by atoms with E-state index in [0.717, 1.165) is 44.9 Å². The van der Waals surface area contributed by atoms with E-state index < -0.39 is 24.7 Å². The lowest BCUT2D eigenvalue weighted by molar-refractivity contribution is -0.142. The van der Waals surface area contributed by atoms with Crippen molar-refractivity contribution < 1.29 is 37.4 Å². The Morgan fingerprint density at radius 3 is 2.52 bits per heavy atom. The fourth-order valence-electron chi connectivity index (χ4n) is 7.69. The fraction of sp³-hybridized carbons (Fsp3) is 0.686. The number of likely N-dealkylation sites (tertiary alicyclic amines) is 1. The van der Waals surface area contributed by atoms with Gasteiger partial charge < -0.3 is 34.6 Å². The first-order valence-electron chi connectivity index (χ1n) is 17.1. The number of hydrogen-bond donors (Lipinski definition) is 2. The largest absolute Gasteiger partial charge is 0.460 e. The van der Waals surface area contributed by atoms with Gasteiger partial charge in [-0.1, -0.05) is 32.1 Å². The van der Waals surface area contributed by atoms with Crippen LogP contribution >= 0.6 is 0 Å². The van der Waals surface area contributed by atoms with E-state index in [1.807, 2.05) is 4.90 Å². The number of alkyl halides is 1. The van der Waals surface area contributed by atoms with Crippen LogP contribution in [0.5, 0.6) is 0 Å². The summed E-state index contributed by atoms with van der Waals surface area (Å²) in [5, 5.41) is 3.76. The number of methoxy groups -OCH3 is 1. The standard InChI is InChI=1S/C35H50FN3O7/c1-43-18-19-44-16-5-17-45-35(42)31-21-26-20-27(12-13-30(26)46-31)38-33(40)32-28(23-6-3-2-4-7-23)14-15-39(32)34(41)25-10-8-24(9-11-25)29(37)22-36/h12-13,20-21,23-25,28-29,32H,2-11,14-19,22,37H2,1H3,(H,38,40)/t24?,25?,28-,29+,32-/m0/s1. The average Bonchev–Trinajstić information content (AvgIpc) is 3.73. The van der Waals surface area contributed by atoms with Crippen LogP contribution in [0.25, 0.3) is 11.0 Å². The van der Waals surface area contributed by atoms with Crippen LogP contribution < -0.4 is 11.1 Å². The number of fused-ring (bicyclic) bond motifs is 1. The molecule has 0 unspecified atom stereocenters. The number of nitrogens with one attached hydrogen (secondary N) is 1. The molecule has 46 heavy (non-hydrogen) atoms. The number of nitrogens with two attached hydrogens (primary N) is 1. The van der Waals surface area contributed by atoms with Gasteiger partial charge >= 0.3 is 5.97 Å². The molecule has 3 N–H and O–H groups in total. The quantitative estimate of drug-likeness (QED) is 0.204. The SMILES string of the molecule is COCCOCCCOC(=O)c1cc2cc(NC(=O)[C@@H]3[C@H](C4CCCCC4)CCN3C(=O)C3CCC([C@H](N)CF)CC3)ccc2o1. The fourth-order valence-corrected chi connectivity index (χ4v) is 7.69. The van der Waals surface area contributed by atoms with Crippen LogP contribution in [0.15, 0.2) is 28.7 Å². The lowest BCUT2D eigenvalue weighted by Gasteiger charge is -2.36. The smallest absolute Gasteiger partial charge is 0.374 e. The molecule has 10 nitrogen and oxygen atoms in total. The normalized spacial score (nSPS) is 24.6. The molecule has 2 heterocycles. The number of carbonyl (C=O) groups is 3. The van der Waals surface area contributed by atoms with Gasteiger partial charge in [-0.2, -0.15) is 0 Å². The Morgan fingerprint density at radius 2 is 1.78 bits per heavy atom. The van der Waals surface area contributed by atoms with Crippen LogP contribution in [0, 0.1) is 23.7 Å². The van der Waals surface area contributed by atoms with Crippen LogP contribution in [-0.2, 0) is 23.8 Å². The van der Waals surface area contributed by atoms with E-state index in [4.69, 9.17) is 24.4 Å². The summed E-state index contributed by atoms with van der Waals surface area (Å²) in [4.78, 5) is 42.4. The Kier molecular flexibility index (Phi) is 12.5. The van der Waals surface area contributed by atoms with Gasteiger partial charge in [-0.3, -0.25) is 9.59 Å². The predicted molar refractivity (Wildman–Crippen MR) is 172 cm³/mol. The Bertz CT molecular complexity index is 1300. The third-order valence-electron chi connectivity index (χ3n) is 10.2. The van der Waals surface area contributed by atoms with E-state index in [-0.39, 0.29) is 41.9 Å². The number of benzene rings is 1. The summed E-state index contributed by atoms with van der Waals surface area (Å²) in [5.74, 6) is -0.126. The summed E-state index contributed by atoms with van der Waals surface area (Å²) < 4.78 is 34.5. The van der Waals surface area contributed by atoms with Crippen LogP contribution in [0.1, 0.15) is 81.2 Å². The van der Waals surface area contributed by atoms with Crippen molar-refractivity contribution in [3.05, 3.63) is 30.0 Å². The number of carbonyl (C=O) groups excluding carboxylic acids is 3. The minimum atomic E-state index is -0.560. The van der Waals surface area contributed by atoms with Crippen molar-refractivity contribution >= 4 is 34.4 Å². The second-order valence-corrected chi connectivity index (χ2v) is 13.2. The average molecular weight is 644 g/mol. The first-order chi connectivity index (χ1) is 22.4. The lowest BCUT2D eigenvalue weighted by Crippen LogP contribution is -2.50. The molecule has 1 aliphatic heterocycles. The molecule has 2 aliphatic carbocycles. The van der Waals surface area contributed by atoms with E-state index in [2.05, 4.69) is 5.32 Å². The molecule has 3 aliphatic rings. The van der Waals surface area contributed by atoms with Crippen molar-refractivity contribution in [1.29, 1.82) is 0 Å². The molecular weight excluding hydrogens is 593 g/mol. The number of rotatable bonds is 14. The van der Waals surface area contributed by atoms with Crippen molar-refractivity contribution in [2.45, 2.75) is 82.7 Å². The number of esters is 1. The summed E-state index contributed by atoms with van der Waals surface area (Å²) in [6.45, 7) is 1.70. The highest BCUT2D eigenvalue weighted by Crippen LogP contribution is 2.41. The van der Waals surface area contributed by atoms with Crippen LogP contribution in [-0.4, -0.2) is 81.5 Å². The zero-order valence-electron chi connectivity index (χ0n) is 27.1. The third kappa shape index (κ3) is 8.46. The van der Waals surface area contributed by atoms with E-state index in [0.29, 0.717) is 68.2 Å². The molecule has 11 heteroatoms. The summed E-state index contributed by atoms with van der Waals surface area (Å²) in [6.07, 6.45) is 9.93. The highest BCUT2D eigenvalue weighted by Gasteiger charge is 2.47. The van der Waals surface area contributed by atoms with Crippen molar-refractivity contribution in [2.24, 2.45) is 29.4 Å². The van der Waals surface area contributed by atoms with Crippen molar-refractivity contribution in [3.8, 4) is 0 Å². The van der Waals surface area contributed by atoms with Crippen LogP contribution in [0.3, 0.4) is 0 Å². The molecule has 3 fully saturated rings. The second-order valence-electron chi connectivity index (χ2n) is 13.2. The van der Waals surface area contributed by atoms with Gasteiger partial charge in [-0.15, -0.1) is 0 Å². The Balaban J connectivity index is 1.23. The van der Waals surface area contributed by atoms with Gasteiger partial charge in [0.25, 0.3) is 0 Å². The maximum atomic E-state index is 14.0. The maximum Gasteiger partial charge on any atom is 0.374 e. The summed E-state index contributed by atoms with van der Waals surface area (Å²) in [5.41, 5.74) is 7.05. The topological polar surface area (TPSA) is 133 Å². The molecule has 2 amide bonds. The molecule has 3 atom stereocenters. The number of hydrogen-bond acceptors (Lipinski definition) is 8. The van der Waals surface area contributed by atoms with Gasteiger partial charge in [0.2, 0.25) is 17.6 Å². The van der Waals surface area contributed by atoms with E-state index in [1.165, 1.54) is 6.42 Å². The first-order valence-corrected chi connectivity index (χ1v) is 17.1. The molecule has 5 rings (SSSR count). The minimum absolute atomic E-state index is 0.0423.